The van der Waals surface area contributed by atoms with Gasteiger partial charge in [-0.15, -0.1) is 0 Å². The fourth-order valence-electron chi connectivity index (χ4n) is 2.62. The quantitative estimate of drug-likeness (QED) is 0.829. The highest BCUT2D eigenvalue weighted by molar-refractivity contribution is 9.10. The Morgan fingerprint density at radius 2 is 2.10 bits per heavy atom. The molecule has 20 heavy (non-hydrogen) atoms. The van der Waals surface area contributed by atoms with Crippen molar-refractivity contribution in [1.29, 1.82) is 0 Å². The maximum absolute atomic E-state index is 12.3. The van der Waals surface area contributed by atoms with E-state index in [0.29, 0.717) is 11.7 Å². The molecule has 4 nitrogen and oxygen atoms in total. The summed E-state index contributed by atoms with van der Waals surface area (Å²) in [6, 6.07) is 5.83. The van der Waals surface area contributed by atoms with E-state index in [4.69, 9.17) is 5.73 Å². The molecule has 0 aromatic heterocycles. The lowest BCUT2D eigenvalue weighted by Crippen LogP contribution is -2.46. The smallest absolute Gasteiger partial charge is 0.242 e. The molecule has 0 radical (unpaired) electrons. The van der Waals surface area contributed by atoms with E-state index in [0.717, 1.165) is 23.0 Å². The fraction of sp³-hybridized carbons (Fsp3) is 0.533. The van der Waals surface area contributed by atoms with E-state index < -0.39 is 0 Å². The Kier molecular flexibility index (Phi) is 4.91. The van der Waals surface area contributed by atoms with E-state index in [2.05, 4.69) is 21.2 Å². The molecular weight excluding hydrogens is 318 g/mol. The number of benzene rings is 1. The van der Waals surface area contributed by atoms with Gasteiger partial charge in [-0.05, 0) is 38.0 Å². The summed E-state index contributed by atoms with van der Waals surface area (Å²) in [6.07, 6.45) is 4.63. The van der Waals surface area contributed by atoms with Gasteiger partial charge in [0.2, 0.25) is 5.91 Å². The lowest BCUT2D eigenvalue weighted by molar-refractivity contribution is -0.122. The molecule has 1 amide bonds. The normalized spacial score (nSPS) is 16.9. The van der Waals surface area contributed by atoms with Crippen molar-refractivity contribution in [3.8, 4) is 0 Å². The van der Waals surface area contributed by atoms with Crippen molar-refractivity contribution in [2.24, 2.45) is 0 Å². The molecule has 1 unspecified atom stereocenters. The number of amides is 1. The number of hydrogen-bond donors (Lipinski definition) is 2. The third-order valence-corrected chi connectivity index (χ3v) is 4.52. The Morgan fingerprint density at radius 1 is 1.45 bits per heavy atom. The molecule has 0 heterocycles. The largest absolute Gasteiger partial charge is 0.397 e. The molecule has 1 atom stereocenters. The van der Waals surface area contributed by atoms with E-state index in [1.807, 2.05) is 37.1 Å². The van der Waals surface area contributed by atoms with Crippen molar-refractivity contribution in [2.75, 3.05) is 17.7 Å². The van der Waals surface area contributed by atoms with Crippen LogP contribution in [0, 0.1) is 0 Å². The van der Waals surface area contributed by atoms with Gasteiger partial charge >= 0.3 is 0 Å². The molecular formula is C15H22BrN3O. The first-order chi connectivity index (χ1) is 9.49. The second-order valence-electron chi connectivity index (χ2n) is 5.48. The van der Waals surface area contributed by atoms with Gasteiger partial charge in [0, 0.05) is 17.6 Å². The molecule has 5 heteroatoms. The first-order valence-electron chi connectivity index (χ1n) is 7.07. The molecule has 1 aliphatic rings. The summed E-state index contributed by atoms with van der Waals surface area (Å²) >= 11 is 3.39. The van der Waals surface area contributed by atoms with Gasteiger partial charge in [-0.2, -0.15) is 0 Å². The molecule has 3 N–H and O–H groups in total. The molecule has 1 saturated carbocycles. The number of carbonyl (C=O) groups is 1. The minimum atomic E-state index is -0.237. The Morgan fingerprint density at radius 3 is 2.70 bits per heavy atom. The van der Waals surface area contributed by atoms with Crippen molar-refractivity contribution in [3.05, 3.63) is 22.7 Å². The first-order valence-corrected chi connectivity index (χ1v) is 7.86. The summed E-state index contributed by atoms with van der Waals surface area (Å²) in [5, 5.41) is 3.13. The van der Waals surface area contributed by atoms with Gasteiger partial charge in [-0.1, -0.05) is 28.8 Å². The van der Waals surface area contributed by atoms with Crippen LogP contribution in [0.5, 0.6) is 0 Å². The highest BCUT2D eigenvalue weighted by Crippen LogP contribution is 2.27. The van der Waals surface area contributed by atoms with Crippen LogP contribution in [0.4, 0.5) is 11.4 Å². The minimum absolute atomic E-state index is 0.0710. The topological polar surface area (TPSA) is 58.4 Å². The third-order valence-electron chi connectivity index (χ3n) is 4.03. The Balaban J connectivity index is 2.03. The molecule has 1 aromatic rings. The monoisotopic (exact) mass is 339 g/mol. The standard InChI is InChI=1S/C15H22BrN3O/c1-10(15(20)18-12-5-3-4-6-12)19(2)14-8-7-11(16)9-13(14)17/h7-10,12H,3-6,17H2,1-2H3,(H,18,20). The molecule has 110 valence electrons. The van der Waals surface area contributed by atoms with Gasteiger partial charge in [0.15, 0.2) is 0 Å². The number of nitrogen functional groups attached to an aromatic ring is 1. The molecule has 0 bridgehead atoms. The van der Waals surface area contributed by atoms with Crippen LogP contribution in [0.3, 0.4) is 0 Å². The number of nitrogens with one attached hydrogen (secondary N) is 1. The number of anilines is 2. The zero-order chi connectivity index (χ0) is 14.7. The maximum atomic E-state index is 12.3. The fourth-order valence-corrected chi connectivity index (χ4v) is 3.00. The molecule has 0 spiro atoms. The van der Waals surface area contributed by atoms with E-state index in [9.17, 15) is 4.79 Å². The van der Waals surface area contributed by atoms with Crippen LogP contribution >= 0.6 is 15.9 Å². The van der Waals surface area contributed by atoms with Crippen LogP contribution in [-0.2, 0) is 4.79 Å². The van der Waals surface area contributed by atoms with Gasteiger partial charge in [0.05, 0.1) is 11.4 Å². The summed E-state index contributed by atoms with van der Waals surface area (Å²) in [6.45, 7) is 1.91. The number of hydrogen-bond acceptors (Lipinski definition) is 3. The van der Waals surface area contributed by atoms with Gasteiger partial charge in [-0.25, -0.2) is 0 Å². The van der Waals surface area contributed by atoms with Crippen LogP contribution in [-0.4, -0.2) is 25.0 Å². The Hall–Kier alpha value is -1.23. The van der Waals surface area contributed by atoms with Gasteiger partial charge in [-0.3, -0.25) is 4.79 Å². The van der Waals surface area contributed by atoms with Crippen LogP contribution in [0.2, 0.25) is 0 Å². The molecule has 1 aliphatic carbocycles. The van der Waals surface area contributed by atoms with E-state index in [-0.39, 0.29) is 11.9 Å². The zero-order valence-corrected chi connectivity index (χ0v) is 13.6. The van der Waals surface area contributed by atoms with Crippen LogP contribution in [0.25, 0.3) is 0 Å². The molecule has 1 aromatic carbocycles. The highest BCUT2D eigenvalue weighted by Gasteiger charge is 2.24. The molecule has 1 fully saturated rings. The predicted octanol–water partition coefficient (Wildman–Crippen LogP) is 2.91. The Labute approximate surface area is 128 Å². The molecule has 0 aliphatic heterocycles. The maximum Gasteiger partial charge on any atom is 0.242 e. The third kappa shape index (κ3) is 3.45. The highest BCUT2D eigenvalue weighted by atomic mass is 79.9. The number of rotatable bonds is 4. The number of halogens is 1. The van der Waals surface area contributed by atoms with Crippen molar-refractivity contribution in [1.82, 2.24) is 5.32 Å². The molecule has 0 saturated heterocycles. The van der Waals surface area contributed by atoms with Gasteiger partial charge < -0.3 is 16.0 Å². The Bertz CT molecular complexity index is 486. The van der Waals surface area contributed by atoms with E-state index in [1.54, 1.807) is 0 Å². The average Bonchev–Trinajstić information content (AvgIpc) is 2.90. The lowest BCUT2D eigenvalue weighted by atomic mass is 10.2. The average molecular weight is 340 g/mol. The van der Waals surface area contributed by atoms with Gasteiger partial charge in [0.25, 0.3) is 0 Å². The first kappa shape index (κ1) is 15.2. The summed E-state index contributed by atoms with van der Waals surface area (Å²) in [5.74, 6) is 0.0710. The van der Waals surface area contributed by atoms with Crippen molar-refractivity contribution in [3.63, 3.8) is 0 Å². The number of nitrogens with two attached hydrogens (primary N) is 1. The van der Waals surface area contributed by atoms with Crippen LogP contribution < -0.4 is 16.0 Å². The number of likely N-dealkylation sites (N-methyl/N-ethyl adjacent to an activating group) is 1. The van der Waals surface area contributed by atoms with Crippen LogP contribution in [0.15, 0.2) is 22.7 Å². The van der Waals surface area contributed by atoms with Crippen molar-refractivity contribution >= 4 is 33.2 Å². The summed E-state index contributed by atoms with van der Waals surface area (Å²) in [7, 11) is 1.90. The second kappa shape index (κ2) is 6.48. The zero-order valence-electron chi connectivity index (χ0n) is 12.0. The van der Waals surface area contributed by atoms with Crippen LogP contribution in [0.1, 0.15) is 32.6 Å². The molecule has 2 rings (SSSR count). The summed E-state index contributed by atoms with van der Waals surface area (Å²) in [5.41, 5.74) is 7.57. The van der Waals surface area contributed by atoms with Crippen molar-refractivity contribution in [2.45, 2.75) is 44.7 Å². The summed E-state index contributed by atoms with van der Waals surface area (Å²) in [4.78, 5) is 14.2. The number of nitrogens with zero attached hydrogens (tertiary/aromatic N) is 1. The van der Waals surface area contributed by atoms with Gasteiger partial charge in [0.1, 0.15) is 6.04 Å². The van der Waals surface area contributed by atoms with Crippen molar-refractivity contribution < 1.29 is 4.79 Å². The summed E-state index contributed by atoms with van der Waals surface area (Å²) < 4.78 is 0.940. The minimum Gasteiger partial charge on any atom is -0.397 e. The predicted molar refractivity (Wildman–Crippen MR) is 86.8 cm³/mol. The van der Waals surface area contributed by atoms with E-state index >= 15 is 0 Å². The van der Waals surface area contributed by atoms with E-state index in [1.165, 1.54) is 12.8 Å². The number of carbonyl (C=O) groups excluding carboxylic acids is 1. The lowest BCUT2D eigenvalue weighted by Gasteiger charge is -2.28. The second-order valence-corrected chi connectivity index (χ2v) is 6.40. The SMILES string of the molecule is CC(C(=O)NC1CCCC1)N(C)c1ccc(Br)cc1N.